The van der Waals surface area contributed by atoms with Crippen molar-refractivity contribution >= 4 is 17.8 Å². The highest BCUT2D eigenvalue weighted by Gasteiger charge is 2.13. The molecule has 0 aliphatic heterocycles. The molecule has 0 bridgehead atoms. The minimum atomic E-state index is -1.00. The molecular formula is C9H17N3O5. The molecule has 0 radical (unpaired) electrons. The maximum Gasteiger partial charge on any atom is 0.303 e. The minimum absolute atomic E-state index is 0.0727. The van der Waals surface area contributed by atoms with Crippen molar-refractivity contribution < 1.29 is 24.2 Å². The van der Waals surface area contributed by atoms with Crippen LogP contribution in [0.25, 0.3) is 0 Å². The number of hydrogen-bond acceptors (Lipinski definition) is 5. The Balaban J connectivity index is 3.57. The maximum atomic E-state index is 11.3. The average Bonchev–Trinajstić information content (AvgIpc) is 2.24. The van der Waals surface area contributed by atoms with Gasteiger partial charge in [0.05, 0.1) is 12.6 Å². The van der Waals surface area contributed by atoms with Crippen molar-refractivity contribution in [1.82, 2.24) is 5.32 Å². The fourth-order valence-electron chi connectivity index (χ4n) is 0.960. The SMILES string of the molecule is NC(=O)COCCNC(=O)C(N)CCC(=O)O. The monoisotopic (exact) mass is 247 g/mol. The van der Waals surface area contributed by atoms with Crippen LogP contribution < -0.4 is 16.8 Å². The Morgan fingerprint density at radius 2 is 2.00 bits per heavy atom. The van der Waals surface area contributed by atoms with E-state index >= 15 is 0 Å². The molecule has 1 unspecified atom stereocenters. The summed E-state index contributed by atoms with van der Waals surface area (Å²) in [5.41, 5.74) is 10.3. The molecule has 1 atom stereocenters. The summed E-state index contributed by atoms with van der Waals surface area (Å²) in [5.74, 6) is -2.04. The van der Waals surface area contributed by atoms with Gasteiger partial charge >= 0.3 is 5.97 Å². The number of hydrogen-bond donors (Lipinski definition) is 4. The van der Waals surface area contributed by atoms with Crippen molar-refractivity contribution in [3.8, 4) is 0 Å². The fourth-order valence-corrected chi connectivity index (χ4v) is 0.960. The number of rotatable bonds is 9. The van der Waals surface area contributed by atoms with Gasteiger partial charge in [-0.1, -0.05) is 0 Å². The lowest BCUT2D eigenvalue weighted by atomic mass is 10.1. The Labute approximate surface area is 98.3 Å². The highest BCUT2D eigenvalue weighted by atomic mass is 16.5. The molecule has 0 aromatic rings. The second-order valence-electron chi connectivity index (χ2n) is 3.35. The predicted molar refractivity (Wildman–Crippen MR) is 57.9 cm³/mol. The highest BCUT2D eigenvalue weighted by Crippen LogP contribution is 1.94. The largest absolute Gasteiger partial charge is 0.481 e. The molecule has 98 valence electrons. The second kappa shape index (κ2) is 8.48. The number of aliphatic carboxylic acids is 1. The van der Waals surface area contributed by atoms with Crippen LogP contribution in [-0.4, -0.2) is 48.7 Å². The molecule has 6 N–H and O–H groups in total. The Kier molecular flexibility index (Phi) is 7.65. The molecule has 0 fully saturated rings. The summed E-state index contributed by atoms with van der Waals surface area (Å²) in [7, 11) is 0. The standard InChI is InChI=1S/C9H17N3O5/c10-6(1-2-8(14)15)9(16)12-3-4-17-5-7(11)13/h6H,1-5,10H2,(H2,11,13)(H,12,16)(H,14,15). The molecule has 0 aliphatic carbocycles. The molecule has 0 rings (SSSR count). The molecule has 0 aliphatic rings. The molecule has 17 heavy (non-hydrogen) atoms. The summed E-state index contributed by atoms with van der Waals surface area (Å²) in [6, 6.07) is -0.859. The second-order valence-corrected chi connectivity index (χ2v) is 3.35. The first-order valence-electron chi connectivity index (χ1n) is 5.04. The molecule has 0 spiro atoms. The first kappa shape index (κ1) is 15.3. The van der Waals surface area contributed by atoms with Crippen LogP contribution >= 0.6 is 0 Å². The Morgan fingerprint density at radius 1 is 1.35 bits per heavy atom. The smallest absolute Gasteiger partial charge is 0.303 e. The van der Waals surface area contributed by atoms with Gasteiger partial charge in [0, 0.05) is 13.0 Å². The van der Waals surface area contributed by atoms with Gasteiger partial charge in [-0.2, -0.15) is 0 Å². The topological polar surface area (TPSA) is 145 Å². The molecule has 2 amide bonds. The molecule has 0 saturated heterocycles. The van der Waals surface area contributed by atoms with Crippen molar-refractivity contribution in [3.05, 3.63) is 0 Å². The van der Waals surface area contributed by atoms with E-state index in [1.165, 1.54) is 0 Å². The van der Waals surface area contributed by atoms with E-state index in [-0.39, 0.29) is 32.6 Å². The normalized spacial score (nSPS) is 11.8. The zero-order valence-corrected chi connectivity index (χ0v) is 9.35. The number of carboxylic acid groups (broad SMARTS) is 1. The van der Waals surface area contributed by atoms with Crippen LogP contribution in [0.5, 0.6) is 0 Å². The third kappa shape index (κ3) is 9.27. The predicted octanol–water partition coefficient (Wildman–Crippen LogP) is -2.20. The number of primary amides is 1. The third-order valence-corrected chi connectivity index (χ3v) is 1.80. The van der Waals surface area contributed by atoms with E-state index < -0.39 is 23.8 Å². The van der Waals surface area contributed by atoms with Crippen LogP contribution in [-0.2, 0) is 19.1 Å². The Bertz CT molecular complexity index is 282. The van der Waals surface area contributed by atoms with Crippen LogP contribution in [0.3, 0.4) is 0 Å². The van der Waals surface area contributed by atoms with Gasteiger partial charge in [-0.05, 0) is 6.42 Å². The summed E-state index contributed by atoms with van der Waals surface area (Å²) in [6.45, 7) is 0.119. The lowest BCUT2D eigenvalue weighted by molar-refractivity contribution is -0.137. The summed E-state index contributed by atoms with van der Waals surface area (Å²) < 4.78 is 4.80. The number of carbonyl (C=O) groups excluding carboxylic acids is 2. The Morgan fingerprint density at radius 3 is 2.53 bits per heavy atom. The van der Waals surface area contributed by atoms with Gasteiger partial charge in [-0.3, -0.25) is 14.4 Å². The van der Waals surface area contributed by atoms with E-state index in [0.29, 0.717) is 0 Å². The van der Waals surface area contributed by atoms with E-state index in [1.807, 2.05) is 0 Å². The highest BCUT2D eigenvalue weighted by molar-refractivity contribution is 5.82. The van der Waals surface area contributed by atoms with Crippen molar-refractivity contribution in [2.24, 2.45) is 11.5 Å². The number of ether oxygens (including phenoxy) is 1. The van der Waals surface area contributed by atoms with Crippen molar-refractivity contribution in [3.63, 3.8) is 0 Å². The number of carboxylic acids is 1. The van der Waals surface area contributed by atoms with Gasteiger partial charge < -0.3 is 26.6 Å². The molecule has 8 nitrogen and oxygen atoms in total. The number of nitrogens with one attached hydrogen (secondary N) is 1. The maximum absolute atomic E-state index is 11.3. The molecule has 0 heterocycles. The van der Waals surface area contributed by atoms with Crippen LogP contribution in [0.2, 0.25) is 0 Å². The van der Waals surface area contributed by atoms with E-state index in [9.17, 15) is 14.4 Å². The third-order valence-electron chi connectivity index (χ3n) is 1.80. The summed E-state index contributed by atoms with van der Waals surface area (Å²) in [5, 5.41) is 10.8. The van der Waals surface area contributed by atoms with E-state index in [0.717, 1.165) is 0 Å². The lowest BCUT2D eigenvalue weighted by Gasteiger charge is -2.10. The molecule has 0 aromatic heterocycles. The van der Waals surface area contributed by atoms with Gasteiger partial charge in [-0.15, -0.1) is 0 Å². The number of carbonyl (C=O) groups is 3. The van der Waals surface area contributed by atoms with Gasteiger partial charge in [0.15, 0.2) is 0 Å². The molecule has 0 saturated carbocycles. The summed E-state index contributed by atoms with van der Waals surface area (Å²) in [4.78, 5) is 31.8. The van der Waals surface area contributed by atoms with Gasteiger partial charge in [-0.25, -0.2) is 0 Å². The van der Waals surface area contributed by atoms with Gasteiger partial charge in [0.1, 0.15) is 6.61 Å². The first-order valence-corrected chi connectivity index (χ1v) is 5.04. The van der Waals surface area contributed by atoms with Gasteiger partial charge in [0.25, 0.3) is 0 Å². The van der Waals surface area contributed by atoms with E-state index in [2.05, 4.69) is 5.32 Å². The summed E-state index contributed by atoms with van der Waals surface area (Å²) >= 11 is 0. The zero-order chi connectivity index (χ0) is 13.3. The zero-order valence-electron chi connectivity index (χ0n) is 9.35. The number of amides is 2. The molecule has 0 aromatic carbocycles. The lowest BCUT2D eigenvalue weighted by Crippen LogP contribution is -2.42. The minimum Gasteiger partial charge on any atom is -0.481 e. The van der Waals surface area contributed by atoms with Gasteiger partial charge in [0.2, 0.25) is 11.8 Å². The van der Waals surface area contributed by atoms with E-state index in [1.54, 1.807) is 0 Å². The number of nitrogens with two attached hydrogens (primary N) is 2. The van der Waals surface area contributed by atoms with Crippen molar-refractivity contribution in [2.75, 3.05) is 19.8 Å². The fraction of sp³-hybridized carbons (Fsp3) is 0.667. The van der Waals surface area contributed by atoms with Crippen LogP contribution in [0.4, 0.5) is 0 Å². The quantitative estimate of drug-likeness (QED) is 0.340. The summed E-state index contributed by atoms with van der Waals surface area (Å²) in [6.07, 6.45) is -0.0872. The molecule has 8 heteroatoms. The van der Waals surface area contributed by atoms with Crippen molar-refractivity contribution in [2.45, 2.75) is 18.9 Å². The molecular weight excluding hydrogens is 230 g/mol. The van der Waals surface area contributed by atoms with Crippen LogP contribution in [0.15, 0.2) is 0 Å². The first-order chi connectivity index (χ1) is 7.93. The van der Waals surface area contributed by atoms with Crippen LogP contribution in [0, 0.1) is 0 Å². The van der Waals surface area contributed by atoms with Crippen LogP contribution in [0.1, 0.15) is 12.8 Å². The van der Waals surface area contributed by atoms with Crippen molar-refractivity contribution in [1.29, 1.82) is 0 Å². The van der Waals surface area contributed by atoms with E-state index in [4.69, 9.17) is 21.3 Å². The average molecular weight is 247 g/mol. The Hall–Kier alpha value is -1.67.